The smallest absolute Gasteiger partial charge is 0.231 e. The molecule has 5 nitrogen and oxygen atoms in total. The monoisotopic (exact) mass is 577 g/mol. The second-order valence-corrected chi connectivity index (χ2v) is 11.4. The highest BCUT2D eigenvalue weighted by molar-refractivity contribution is 6.19. The Kier molecular flexibility index (Phi) is 4.93. The molecule has 0 amide bonds. The molecule has 0 N–H and O–H groups in total. The lowest BCUT2D eigenvalue weighted by atomic mass is 10.0. The van der Waals surface area contributed by atoms with Crippen LogP contribution in [0.2, 0.25) is 0 Å². The summed E-state index contributed by atoms with van der Waals surface area (Å²) in [4.78, 5) is 10.2. The van der Waals surface area contributed by atoms with Gasteiger partial charge in [0, 0.05) is 43.7 Å². The van der Waals surface area contributed by atoms with E-state index in [4.69, 9.17) is 18.8 Å². The fourth-order valence-electron chi connectivity index (χ4n) is 6.79. The van der Waals surface area contributed by atoms with Crippen LogP contribution < -0.4 is 0 Å². The Morgan fingerprint density at radius 2 is 1.16 bits per heavy atom. The van der Waals surface area contributed by atoms with Gasteiger partial charge in [-0.3, -0.25) is 0 Å². The van der Waals surface area contributed by atoms with E-state index >= 15 is 0 Å². The third-order valence-electron chi connectivity index (χ3n) is 8.82. The Morgan fingerprint density at radius 3 is 2.02 bits per heavy atom. The van der Waals surface area contributed by atoms with Crippen LogP contribution in [0.3, 0.4) is 0 Å². The summed E-state index contributed by atoms with van der Waals surface area (Å²) in [6, 6.07) is 47.9. The first-order valence-electron chi connectivity index (χ1n) is 15.0. The molecule has 5 heteroatoms. The van der Waals surface area contributed by atoms with Crippen LogP contribution in [-0.4, -0.2) is 14.5 Å². The van der Waals surface area contributed by atoms with Crippen molar-refractivity contribution in [3.05, 3.63) is 140 Å². The topological polar surface area (TPSA) is 57.0 Å². The molecule has 10 aromatic rings. The van der Waals surface area contributed by atoms with Gasteiger partial charge < -0.3 is 13.4 Å². The van der Waals surface area contributed by atoms with Crippen molar-refractivity contribution in [1.29, 1.82) is 0 Å². The molecule has 0 aliphatic rings. The van der Waals surface area contributed by atoms with E-state index in [1.807, 2.05) is 54.6 Å². The first-order chi connectivity index (χ1) is 22.3. The van der Waals surface area contributed by atoms with Crippen LogP contribution in [0.1, 0.15) is 0 Å². The van der Waals surface area contributed by atoms with Crippen LogP contribution >= 0.6 is 0 Å². The van der Waals surface area contributed by atoms with Crippen molar-refractivity contribution in [2.45, 2.75) is 0 Å². The number of para-hydroxylation sites is 3. The van der Waals surface area contributed by atoms with Gasteiger partial charge in [-0.1, -0.05) is 91.0 Å². The minimum Gasteiger partial charge on any atom is -0.456 e. The first kappa shape index (κ1) is 24.3. The molecule has 0 aliphatic heterocycles. The number of nitrogens with zero attached hydrogens (tertiary/aromatic N) is 3. The van der Waals surface area contributed by atoms with Crippen molar-refractivity contribution in [3.63, 3.8) is 0 Å². The lowest BCUT2D eigenvalue weighted by Crippen LogP contribution is -1.94. The minimum atomic E-state index is 0.557. The van der Waals surface area contributed by atoms with Crippen LogP contribution in [0.25, 0.3) is 94.1 Å². The Balaban J connectivity index is 1.32. The molecule has 0 saturated carbocycles. The third-order valence-corrected chi connectivity index (χ3v) is 8.82. The molecule has 210 valence electrons. The van der Waals surface area contributed by atoms with Gasteiger partial charge in [-0.25, -0.2) is 4.98 Å². The predicted molar refractivity (Wildman–Crippen MR) is 182 cm³/mol. The van der Waals surface area contributed by atoms with Crippen LogP contribution in [-0.2, 0) is 0 Å². The number of furan rings is 2. The number of fused-ring (bicyclic) bond motifs is 9. The minimum absolute atomic E-state index is 0.557. The summed E-state index contributed by atoms with van der Waals surface area (Å²) in [6.45, 7) is 0. The molecular weight excluding hydrogens is 554 g/mol. The van der Waals surface area contributed by atoms with E-state index in [-0.39, 0.29) is 0 Å². The van der Waals surface area contributed by atoms with Crippen molar-refractivity contribution in [2.24, 2.45) is 0 Å². The summed E-state index contributed by atoms with van der Waals surface area (Å²) in [7, 11) is 0. The number of rotatable bonds is 3. The second-order valence-electron chi connectivity index (χ2n) is 11.4. The van der Waals surface area contributed by atoms with Gasteiger partial charge >= 0.3 is 0 Å². The van der Waals surface area contributed by atoms with E-state index in [1.54, 1.807) is 0 Å². The molecule has 45 heavy (non-hydrogen) atoms. The number of hydrogen-bond donors (Lipinski definition) is 0. The van der Waals surface area contributed by atoms with Crippen LogP contribution in [0, 0.1) is 0 Å². The quantitative estimate of drug-likeness (QED) is 0.210. The second kappa shape index (κ2) is 9.15. The molecule has 0 aliphatic carbocycles. The molecule has 0 saturated heterocycles. The van der Waals surface area contributed by atoms with Crippen molar-refractivity contribution in [3.8, 4) is 28.3 Å². The maximum Gasteiger partial charge on any atom is 0.231 e. The highest BCUT2D eigenvalue weighted by atomic mass is 16.3. The number of aromatic nitrogens is 3. The van der Waals surface area contributed by atoms with E-state index in [9.17, 15) is 0 Å². The Bertz CT molecular complexity index is 2750. The summed E-state index contributed by atoms with van der Waals surface area (Å²) in [5.41, 5.74) is 9.05. The molecule has 0 fully saturated rings. The van der Waals surface area contributed by atoms with E-state index in [2.05, 4.69) is 89.5 Å². The van der Waals surface area contributed by atoms with Gasteiger partial charge in [-0.2, -0.15) is 4.98 Å². The Hall–Kier alpha value is -6.20. The zero-order valence-electron chi connectivity index (χ0n) is 23.9. The summed E-state index contributed by atoms with van der Waals surface area (Å²) in [5.74, 6) is 0.616. The molecule has 4 aromatic heterocycles. The van der Waals surface area contributed by atoms with E-state index < -0.39 is 0 Å². The predicted octanol–water partition coefficient (Wildman–Crippen LogP) is 10.7. The van der Waals surface area contributed by atoms with Gasteiger partial charge in [0.25, 0.3) is 0 Å². The van der Waals surface area contributed by atoms with Crippen molar-refractivity contribution in [1.82, 2.24) is 14.5 Å². The molecule has 6 aromatic carbocycles. The summed E-state index contributed by atoms with van der Waals surface area (Å²) >= 11 is 0. The highest BCUT2D eigenvalue weighted by Crippen LogP contribution is 2.42. The van der Waals surface area contributed by atoms with Gasteiger partial charge in [0.05, 0.1) is 22.1 Å². The van der Waals surface area contributed by atoms with Gasteiger partial charge in [-0.05, 0) is 48.5 Å². The van der Waals surface area contributed by atoms with Gasteiger partial charge in [0.15, 0.2) is 5.82 Å². The fourth-order valence-corrected chi connectivity index (χ4v) is 6.79. The average molecular weight is 578 g/mol. The summed E-state index contributed by atoms with van der Waals surface area (Å²) in [5, 5.41) is 6.33. The maximum absolute atomic E-state index is 6.60. The third kappa shape index (κ3) is 3.55. The van der Waals surface area contributed by atoms with Crippen LogP contribution in [0.5, 0.6) is 0 Å². The fraction of sp³-hybridized carbons (Fsp3) is 0. The molecular formula is C40H23N3O2. The van der Waals surface area contributed by atoms with Gasteiger partial charge in [0.1, 0.15) is 16.7 Å². The summed E-state index contributed by atoms with van der Waals surface area (Å²) < 4.78 is 15.2. The van der Waals surface area contributed by atoms with Crippen molar-refractivity contribution < 1.29 is 8.83 Å². The molecule has 0 atom stereocenters. The highest BCUT2D eigenvalue weighted by Gasteiger charge is 2.22. The molecule has 4 heterocycles. The van der Waals surface area contributed by atoms with Gasteiger partial charge in [-0.15, -0.1) is 0 Å². The largest absolute Gasteiger partial charge is 0.456 e. The molecule has 10 rings (SSSR count). The summed E-state index contributed by atoms with van der Waals surface area (Å²) in [6.07, 6.45) is 0. The average Bonchev–Trinajstić information content (AvgIpc) is 3.76. The molecule has 0 radical (unpaired) electrons. The normalized spacial score (nSPS) is 12.0. The van der Waals surface area contributed by atoms with Crippen molar-refractivity contribution >= 4 is 65.8 Å². The van der Waals surface area contributed by atoms with E-state index in [0.29, 0.717) is 11.5 Å². The van der Waals surface area contributed by atoms with E-state index in [0.717, 1.165) is 77.2 Å². The number of hydrogen-bond acceptors (Lipinski definition) is 4. The Labute approximate surface area is 256 Å². The standard InChI is InChI=1S/C40H23N3O2/c1-3-11-24(12-4-1)39-41-38(25-19-20-29-28-16-8-10-18-34(28)44-35(29)21-25)37-31-22-33-30(23-36(31)45-40(37)42-39)27-15-7-9-17-32(27)43(33)26-13-5-2-6-14-26/h1-23H. The van der Waals surface area contributed by atoms with Gasteiger partial charge in [0.2, 0.25) is 5.71 Å². The first-order valence-corrected chi connectivity index (χ1v) is 15.0. The number of benzene rings is 6. The molecule has 0 bridgehead atoms. The van der Waals surface area contributed by atoms with Crippen molar-refractivity contribution in [2.75, 3.05) is 0 Å². The SMILES string of the molecule is c1ccc(-c2nc(-c3ccc4c(c3)oc3ccccc34)c3c(n2)oc2cc4c5ccccc5n(-c5ccccc5)c4cc23)cc1. The zero-order chi connectivity index (χ0) is 29.5. The lowest BCUT2D eigenvalue weighted by Gasteiger charge is -2.08. The lowest BCUT2D eigenvalue weighted by molar-refractivity contribution is 0.654. The Morgan fingerprint density at radius 1 is 0.444 bits per heavy atom. The van der Waals surface area contributed by atoms with Crippen LogP contribution in [0.4, 0.5) is 0 Å². The van der Waals surface area contributed by atoms with E-state index in [1.165, 1.54) is 5.39 Å². The molecule has 0 spiro atoms. The zero-order valence-corrected chi connectivity index (χ0v) is 23.9. The molecule has 0 unspecified atom stereocenters. The maximum atomic E-state index is 6.60. The van der Waals surface area contributed by atoms with Crippen LogP contribution in [0.15, 0.2) is 148 Å².